The topological polar surface area (TPSA) is 51.2 Å². The third-order valence-corrected chi connectivity index (χ3v) is 3.88. The van der Waals surface area contributed by atoms with Crippen LogP contribution in [0.15, 0.2) is 21.2 Å². The van der Waals surface area contributed by atoms with Gasteiger partial charge in [0.2, 0.25) is 0 Å². The van der Waals surface area contributed by atoms with Crippen molar-refractivity contribution in [3.8, 4) is 0 Å². The summed E-state index contributed by atoms with van der Waals surface area (Å²) in [4.78, 5) is 0. The van der Waals surface area contributed by atoms with Crippen molar-refractivity contribution in [2.75, 3.05) is 0 Å². The second kappa shape index (κ2) is 4.66. The zero-order valence-electron chi connectivity index (χ0n) is 10.1. The van der Waals surface area contributed by atoms with Crippen molar-refractivity contribution in [3.63, 3.8) is 0 Å². The molecule has 2 rings (SSSR count). The maximum absolute atomic E-state index is 10.1. The van der Waals surface area contributed by atoms with Gasteiger partial charge in [0, 0.05) is 13.5 Å². The number of aliphatic hydroxyl groups excluding tert-OH is 1. The lowest BCUT2D eigenvalue weighted by Crippen LogP contribution is -2.07. The van der Waals surface area contributed by atoms with Crippen LogP contribution in [0.3, 0.4) is 0 Å². The quantitative estimate of drug-likeness (QED) is 0.948. The average molecular weight is 299 g/mol. The summed E-state index contributed by atoms with van der Waals surface area (Å²) in [6.45, 7) is 3.85. The Morgan fingerprint density at radius 2 is 2.24 bits per heavy atom. The van der Waals surface area contributed by atoms with Gasteiger partial charge in [-0.15, -0.1) is 0 Å². The standard InChI is InChI=1S/C12H15BrN2O2/c1-7-4-5-17-12(7)10(16)6-9-11(13)8(2)14-15(9)3/h4-5,10,16H,6H2,1-3H3. The molecule has 0 spiro atoms. The predicted molar refractivity (Wildman–Crippen MR) is 67.8 cm³/mol. The van der Waals surface area contributed by atoms with E-state index in [1.54, 1.807) is 10.9 Å². The number of hydrogen-bond donors (Lipinski definition) is 1. The van der Waals surface area contributed by atoms with Crippen LogP contribution in [-0.4, -0.2) is 14.9 Å². The average Bonchev–Trinajstić information content (AvgIpc) is 2.78. The van der Waals surface area contributed by atoms with Gasteiger partial charge in [-0.25, -0.2) is 0 Å². The van der Waals surface area contributed by atoms with Gasteiger partial charge in [-0.05, 0) is 41.4 Å². The van der Waals surface area contributed by atoms with Gasteiger partial charge in [-0.2, -0.15) is 5.10 Å². The number of aliphatic hydroxyl groups is 1. The monoisotopic (exact) mass is 298 g/mol. The molecule has 17 heavy (non-hydrogen) atoms. The molecule has 0 bridgehead atoms. The van der Waals surface area contributed by atoms with E-state index in [0.717, 1.165) is 21.4 Å². The molecule has 0 saturated carbocycles. The van der Waals surface area contributed by atoms with Crippen molar-refractivity contribution in [2.45, 2.75) is 26.4 Å². The number of aromatic nitrogens is 2. The van der Waals surface area contributed by atoms with Gasteiger partial charge in [0.05, 0.1) is 22.1 Å². The fourth-order valence-corrected chi connectivity index (χ4v) is 2.40. The number of furan rings is 1. The molecule has 0 aliphatic rings. The fourth-order valence-electron chi connectivity index (χ4n) is 1.90. The molecule has 1 unspecified atom stereocenters. The second-order valence-electron chi connectivity index (χ2n) is 4.16. The zero-order valence-corrected chi connectivity index (χ0v) is 11.7. The first-order valence-corrected chi connectivity index (χ1v) is 6.20. The zero-order chi connectivity index (χ0) is 12.6. The lowest BCUT2D eigenvalue weighted by molar-refractivity contribution is 0.147. The van der Waals surface area contributed by atoms with Crippen molar-refractivity contribution < 1.29 is 9.52 Å². The van der Waals surface area contributed by atoms with Crippen LogP contribution in [0.1, 0.15) is 28.8 Å². The molecule has 0 amide bonds. The fraction of sp³-hybridized carbons (Fsp3) is 0.417. The minimum absolute atomic E-state index is 0.478. The molecule has 2 aromatic heterocycles. The summed E-state index contributed by atoms with van der Waals surface area (Å²) in [6.07, 6.45) is 1.43. The molecule has 92 valence electrons. The maximum atomic E-state index is 10.1. The van der Waals surface area contributed by atoms with Gasteiger partial charge in [0.1, 0.15) is 11.9 Å². The molecular weight excluding hydrogens is 284 g/mol. The summed E-state index contributed by atoms with van der Waals surface area (Å²) in [7, 11) is 1.87. The van der Waals surface area contributed by atoms with Crippen molar-refractivity contribution in [1.82, 2.24) is 9.78 Å². The first-order valence-electron chi connectivity index (χ1n) is 5.40. The number of rotatable bonds is 3. The Bertz CT molecular complexity index is 531. The van der Waals surface area contributed by atoms with E-state index in [1.165, 1.54) is 0 Å². The van der Waals surface area contributed by atoms with E-state index in [0.29, 0.717) is 12.2 Å². The van der Waals surface area contributed by atoms with E-state index in [1.807, 2.05) is 27.0 Å². The highest BCUT2D eigenvalue weighted by Crippen LogP contribution is 2.27. The van der Waals surface area contributed by atoms with Crippen LogP contribution >= 0.6 is 15.9 Å². The van der Waals surface area contributed by atoms with Crippen LogP contribution in [0.25, 0.3) is 0 Å². The Morgan fingerprint density at radius 3 is 2.71 bits per heavy atom. The van der Waals surface area contributed by atoms with Crippen molar-refractivity contribution in [2.24, 2.45) is 7.05 Å². The van der Waals surface area contributed by atoms with Gasteiger partial charge in [0.25, 0.3) is 0 Å². The lowest BCUT2D eigenvalue weighted by Gasteiger charge is -2.09. The highest BCUT2D eigenvalue weighted by molar-refractivity contribution is 9.10. The molecule has 4 nitrogen and oxygen atoms in total. The Morgan fingerprint density at radius 1 is 1.53 bits per heavy atom. The minimum atomic E-state index is -0.643. The second-order valence-corrected chi connectivity index (χ2v) is 4.95. The molecule has 5 heteroatoms. The molecule has 0 aromatic carbocycles. The van der Waals surface area contributed by atoms with Gasteiger partial charge in [-0.3, -0.25) is 4.68 Å². The largest absolute Gasteiger partial charge is 0.466 e. The lowest BCUT2D eigenvalue weighted by atomic mass is 10.1. The Kier molecular flexibility index (Phi) is 3.40. The molecule has 0 radical (unpaired) electrons. The smallest absolute Gasteiger partial charge is 0.135 e. The van der Waals surface area contributed by atoms with Crippen molar-refractivity contribution in [1.29, 1.82) is 0 Å². The first kappa shape index (κ1) is 12.4. The maximum Gasteiger partial charge on any atom is 0.135 e. The van der Waals surface area contributed by atoms with E-state index in [4.69, 9.17) is 4.42 Å². The van der Waals surface area contributed by atoms with E-state index in [-0.39, 0.29) is 0 Å². The first-order chi connectivity index (χ1) is 8.00. The van der Waals surface area contributed by atoms with Crippen LogP contribution in [0.5, 0.6) is 0 Å². The van der Waals surface area contributed by atoms with Gasteiger partial charge in [0.15, 0.2) is 0 Å². The van der Waals surface area contributed by atoms with Crippen LogP contribution in [0, 0.1) is 13.8 Å². The SMILES string of the molecule is Cc1ccoc1C(O)Cc1c(Br)c(C)nn1C. The molecule has 0 aliphatic carbocycles. The summed E-state index contributed by atoms with van der Waals surface area (Å²) in [5, 5.41) is 14.4. The number of aryl methyl sites for hydroxylation is 3. The highest BCUT2D eigenvalue weighted by atomic mass is 79.9. The van der Waals surface area contributed by atoms with Crippen LogP contribution in [-0.2, 0) is 13.5 Å². The molecule has 0 aliphatic heterocycles. The third-order valence-electron chi connectivity index (χ3n) is 2.85. The molecule has 2 heterocycles. The van der Waals surface area contributed by atoms with Crippen molar-refractivity contribution >= 4 is 15.9 Å². The van der Waals surface area contributed by atoms with E-state index >= 15 is 0 Å². The van der Waals surface area contributed by atoms with Crippen LogP contribution in [0.4, 0.5) is 0 Å². The minimum Gasteiger partial charge on any atom is -0.466 e. The summed E-state index contributed by atoms with van der Waals surface area (Å²) in [5.41, 5.74) is 2.85. The summed E-state index contributed by atoms with van der Waals surface area (Å²) < 4.78 is 8.02. The molecule has 1 atom stereocenters. The van der Waals surface area contributed by atoms with Crippen molar-refractivity contribution in [3.05, 3.63) is 39.5 Å². The van der Waals surface area contributed by atoms with E-state index in [9.17, 15) is 5.11 Å². The summed E-state index contributed by atoms with van der Waals surface area (Å²) in [6, 6.07) is 1.85. The third kappa shape index (κ3) is 2.30. The Balaban J connectivity index is 2.24. The van der Waals surface area contributed by atoms with Gasteiger partial charge in [-0.1, -0.05) is 0 Å². The molecule has 2 aromatic rings. The summed E-state index contributed by atoms with van der Waals surface area (Å²) >= 11 is 3.49. The van der Waals surface area contributed by atoms with Crippen LogP contribution < -0.4 is 0 Å². The predicted octanol–water partition coefficient (Wildman–Crippen LogP) is 2.67. The Labute approximate surface area is 108 Å². The molecular formula is C12H15BrN2O2. The van der Waals surface area contributed by atoms with E-state index in [2.05, 4.69) is 21.0 Å². The van der Waals surface area contributed by atoms with Crippen LogP contribution in [0.2, 0.25) is 0 Å². The number of hydrogen-bond acceptors (Lipinski definition) is 3. The summed E-state index contributed by atoms with van der Waals surface area (Å²) in [5.74, 6) is 0.621. The Hall–Kier alpha value is -1.07. The number of halogens is 1. The number of nitrogens with zero attached hydrogens (tertiary/aromatic N) is 2. The molecule has 0 saturated heterocycles. The van der Waals surface area contributed by atoms with E-state index < -0.39 is 6.10 Å². The highest BCUT2D eigenvalue weighted by Gasteiger charge is 2.19. The van der Waals surface area contributed by atoms with Gasteiger partial charge >= 0.3 is 0 Å². The van der Waals surface area contributed by atoms with Gasteiger partial charge < -0.3 is 9.52 Å². The molecule has 1 N–H and O–H groups in total. The molecule has 0 fully saturated rings. The normalized spacial score (nSPS) is 13.0.